The third kappa shape index (κ3) is 4.81. The Labute approximate surface area is 151 Å². The number of amides is 4. The molecule has 1 saturated heterocycles. The zero-order valence-corrected chi connectivity index (χ0v) is 15.1. The Morgan fingerprint density at radius 1 is 1.27 bits per heavy atom. The van der Waals surface area contributed by atoms with Crippen LogP contribution in [0.15, 0.2) is 18.2 Å². The highest BCUT2D eigenvalue weighted by atomic mass is 16.5. The van der Waals surface area contributed by atoms with Crippen LogP contribution in [-0.4, -0.2) is 47.9 Å². The summed E-state index contributed by atoms with van der Waals surface area (Å²) in [7, 11) is 0. The molecular weight excluding hydrogens is 338 g/mol. The quantitative estimate of drug-likeness (QED) is 0.566. The molecule has 0 bridgehead atoms. The topological polar surface area (TPSA) is 105 Å². The van der Waals surface area contributed by atoms with Gasteiger partial charge in [0, 0.05) is 18.7 Å². The molecule has 1 aromatic carbocycles. The maximum Gasteiger partial charge on any atom is 0.324 e. The molecule has 140 valence electrons. The van der Waals surface area contributed by atoms with Crippen molar-refractivity contribution in [2.75, 3.05) is 18.4 Å². The second-order valence-corrected chi connectivity index (χ2v) is 6.20. The van der Waals surface area contributed by atoms with E-state index in [1.165, 1.54) is 6.92 Å². The lowest BCUT2D eigenvalue weighted by molar-refractivity contribution is -0.153. The predicted octanol–water partition coefficient (Wildman–Crippen LogP) is 1.51. The van der Waals surface area contributed by atoms with Gasteiger partial charge < -0.3 is 15.4 Å². The third-order valence-electron chi connectivity index (χ3n) is 4.11. The van der Waals surface area contributed by atoms with Crippen LogP contribution in [0.4, 0.5) is 10.5 Å². The summed E-state index contributed by atoms with van der Waals surface area (Å²) in [5.74, 6) is -1.28. The fourth-order valence-electron chi connectivity index (χ4n) is 2.61. The molecule has 2 rings (SSSR count). The van der Waals surface area contributed by atoms with E-state index in [9.17, 15) is 19.2 Å². The Balaban J connectivity index is 1.78. The number of carbonyl (C=O) groups excluding carboxylic acids is 4. The molecule has 8 nitrogen and oxygen atoms in total. The van der Waals surface area contributed by atoms with Crippen LogP contribution in [0.1, 0.15) is 30.9 Å². The van der Waals surface area contributed by atoms with E-state index in [0.717, 1.165) is 16.0 Å². The number of imide groups is 1. The van der Waals surface area contributed by atoms with Gasteiger partial charge in [0.2, 0.25) is 5.91 Å². The van der Waals surface area contributed by atoms with Crippen LogP contribution in [0.3, 0.4) is 0 Å². The fourth-order valence-corrected chi connectivity index (χ4v) is 2.61. The number of carbonyl (C=O) groups is 4. The second-order valence-electron chi connectivity index (χ2n) is 6.20. The first-order valence-electron chi connectivity index (χ1n) is 8.44. The van der Waals surface area contributed by atoms with E-state index in [2.05, 4.69) is 10.6 Å². The molecular formula is C18H23N3O5. The summed E-state index contributed by atoms with van der Waals surface area (Å²) in [6, 6.07) is 5.21. The van der Waals surface area contributed by atoms with E-state index < -0.39 is 24.0 Å². The molecule has 0 aliphatic carbocycles. The van der Waals surface area contributed by atoms with Crippen molar-refractivity contribution in [2.24, 2.45) is 0 Å². The lowest BCUT2D eigenvalue weighted by Gasteiger charge is -2.16. The van der Waals surface area contributed by atoms with E-state index in [1.54, 1.807) is 0 Å². The molecule has 1 atom stereocenters. The molecule has 0 saturated carbocycles. The van der Waals surface area contributed by atoms with E-state index in [-0.39, 0.29) is 31.8 Å². The van der Waals surface area contributed by atoms with E-state index >= 15 is 0 Å². The number of aryl methyl sites for hydroxylation is 2. The van der Waals surface area contributed by atoms with Crippen LogP contribution < -0.4 is 10.6 Å². The zero-order chi connectivity index (χ0) is 19.3. The van der Waals surface area contributed by atoms with Gasteiger partial charge in [-0.25, -0.2) is 4.79 Å². The molecule has 0 unspecified atom stereocenters. The van der Waals surface area contributed by atoms with Gasteiger partial charge in [-0.3, -0.25) is 19.3 Å². The van der Waals surface area contributed by atoms with Crippen LogP contribution in [0.25, 0.3) is 0 Å². The van der Waals surface area contributed by atoms with E-state index in [1.807, 2.05) is 32.0 Å². The van der Waals surface area contributed by atoms with Crippen molar-refractivity contribution in [1.82, 2.24) is 10.2 Å². The molecule has 1 aliphatic heterocycles. The summed E-state index contributed by atoms with van der Waals surface area (Å²) in [4.78, 5) is 48.0. The van der Waals surface area contributed by atoms with Crippen LogP contribution in [0, 0.1) is 13.8 Å². The molecule has 0 radical (unpaired) electrons. The van der Waals surface area contributed by atoms with Crippen molar-refractivity contribution in [3.63, 3.8) is 0 Å². The SMILES string of the molecule is Cc1cccc(C)c1NC(=O)[C@@H](C)OC(=O)CCCN1C(=O)CNC1=O. The van der Waals surface area contributed by atoms with Crippen molar-refractivity contribution < 1.29 is 23.9 Å². The average Bonchev–Trinajstić information content (AvgIpc) is 2.90. The van der Waals surface area contributed by atoms with Crippen molar-refractivity contribution >= 4 is 29.5 Å². The Morgan fingerprint density at radius 3 is 2.50 bits per heavy atom. The van der Waals surface area contributed by atoms with Crippen LogP contribution in [0.2, 0.25) is 0 Å². The zero-order valence-electron chi connectivity index (χ0n) is 15.1. The molecule has 1 aromatic rings. The van der Waals surface area contributed by atoms with Crippen molar-refractivity contribution in [3.8, 4) is 0 Å². The number of nitrogens with one attached hydrogen (secondary N) is 2. The van der Waals surface area contributed by atoms with Crippen molar-refractivity contribution in [1.29, 1.82) is 0 Å². The summed E-state index contributed by atoms with van der Waals surface area (Å²) in [6.07, 6.45) is -0.653. The molecule has 26 heavy (non-hydrogen) atoms. The van der Waals surface area contributed by atoms with E-state index in [4.69, 9.17) is 4.74 Å². The number of urea groups is 1. The fraction of sp³-hybridized carbons (Fsp3) is 0.444. The summed E-state index contributed by atoms with van der Waals surface area (Å²) in [6.45, 7) is 5.39. The minimum absolute atomic E-state index is 0.0120. The number of rotatable bonds is 7. The highest BCUT2D eigenvalue weighted by molar-refractivity contribution is 6.02. The van der Waals surface area contributed by atoms with Crippen LogP contribution in [0.5, 0.6) is 0 Å². The van der Waals surface area contributed by atoms with Gasteiger partial charge in [0.05, 0.1) is 6.54 Å². The number of hydrogen-bond acceptors (Lipinski definition) is 5. The molecule has 0 spiro atoms. The van der Waals surface area contributed by atoms with Gasteiger partial charge in [-0.15, -0.1) is 0 Å². The number of hydrogen-bond donors (Lipinski definition) is 2. The third-order valence-corrected chi connectivity index (χ3v) is 4.11. The number of anilines is 1. The molecule has 1 aliphatic rings. The largest absolute Gasteiger partial charge is 0.453 e. The number of esters is 1. The first kappa shape index (κ1) is 19.4. The first-order valence-corrected chi connectivity index (χ1v) is 8.44. The Hall–Kier alpha value is -2.90. The van der Waals surface area contributed by atoms with Gasteiger partial charge in [-0.2, -0.15) is 0 Å². The van der Waals surface area contributed by atoms with Crippen molar-refractivity contribution in [2.45, 2.75) is 39.7 Å². The maximum atomic E-state index is 12.2. The minimum atomic E-state index is -0.946. The molecule has 2 N–H and O–H groups in total. The van der Waals surface area contributed by atoms with Crippen molar-refractivity contribution in [3.05, 3.63) is 29.3 Å². The lowest BCUT2D eigenvalue weighted by atomic mass is 10.1. The summed E-state index contributed by atoms with van der Waals surface area (Å²) in [5.41, 5.74) is 2.55. The minimum Gasteiger partial charge on any atom is -0.453 e. The highest BCUT2D eigenvalue weighted by Crippen LogP contribution is 2.19. The molecule has 4 amide bonds. The summed E-state index contributed by atoms with van der Waals surface area (Å²) in [5, 5.41) is 5.18. The van der Waals surface area contributed by atoms with Gasteiger partial charge in [-0.05, 0) is 38.3 Å². The smallest absolute Gasteiger partial charge is 0.324 e. The molecule has 1 fully saturated rings. The lowest BCUT2D eigenvalue weighted by Crippen LogP contribution is -2.33. The molecule has 8 heteroatoms. The van der Waals surface area contributed by atoms with Gasteiger partial charge in [0.25, 0.3) is 5.91 Å². The first-order chi connectivity index (χ1) is 12.3. The van der Waals surface area contributed by atoms with Crippen LogP contribution >= 0.6 is 0 Å². The Bertz CT molecular complexity index is 695. The average molecular weight is 361 g/mol. The normalized spacial score (nSPS) is 14.8. The predicted molar refractivity (Wildman–Crippen MR) is 94.4 cm³/mol. The van der Waals surface area contributed by atoms with Gasteiger partial charge in [0.15, 0.2) is 6.10 Å². The standard InChI is InChI=1S/C18H23N3O5/c1-11-6-4-7-12(2)16(11)20-17(24)13(3)26-15(23)8-5-9-21-14(22)10-19-18(21)25/h4,6-7,13H,5,8-10H2,1-3H3,(H,19,25)(H,20,24)/t13-/m1/s1. The molecule has 1 heterocycles. The number of ether oxygens (including phenoxy) is 1. The summed E-state index contributed by atoms with van der Waals surface area (Å²) < 4.78 is 5.13. The highest BCUT2D eigenvalue weighted by Gasteiger charge is 2.28. The van der Waals surface area contributed by atoms with Gasteiger partial charge in [0.1, 0.15) is 0 Å². The Kier molecular flexibility index (Phi) is 6.32. The second kappa shape index (κ2) is 8.46. The summed E-state index contributed by atoms with van der Waals surface area (Å²) >= 11 is 0. The number of para-hydroxylation sites is 1. The monoisotopic (exact) mass is 361 g/mol. The van der Waals surface area contributed by atoms with Crippen LogP contribution in [-0.2, 0) is 19.1 Å². The van der Waals surface area contributed by atoms with Gasteiger partial charge >= 0.3 is 12.0 Å². The number of benzene rings is 1. The maximum absolute atomic E-state index is 12.2. The van der Waals surface area contributed by atoms with E-state index in [0.29, 0.717) is 5.69 Å². The van der Waals surface area contributed by atoms with Gasteiger partial charge in [-0.1, -0.05) is 18.2 Å². The number of nitrogens with zero attached hydrogens (tertiary/aromatic N) is 1. The Morgan fingerprint density at radius 2 is 1.92 bits per heavy atom. The molecule has 0 aromatic heterocycles.